The Morgan fingerprint density at radius 3 is 2.88 bits per heavy atom. The Bertz CT molecular complexity index is 1170. The molecular formula is C23H26N6O4. The van der Waals surface area contributed by atoms with Crippen molar-refractivity contribution < 1.29 is 19.1 Å². The van der Waals surface area contributed by atoms with E-state index in [1.165, 1.54) is 6.33 Å². The van der Waals surface area contributed by atoms with E-state index in [1.807, 2.05) is 13.0 Å². The van der Waals surface area contributed by atoms with Gasteiger partial charge in [-0.05, 0) is 37.6 Å². The average Bonchev–Trinajstić information content (AvgIpc) is 3.29. The first-order valence-corrected chi connectivity index (χ1v) is 10.9. The van der Waals surface area contributed by atoms with Gasteiger partial charge in [-0.2, -0.15) is 0 Å². The van der Waals surface area contributed by atoms with Crippen LogP contribution in [0.5, 0.6) is 5.75 Å². The maximum atomic E-state index is 13.3. The summed E-state index contributed by atoms with van der Waals surface area (Å²) in [5, 5.41) is 13.6. The van der Waals surface area contributed by atoms with Gasteiger partial charge in [-0.1, -0.05) is 11.6 Å². The highest BCUT2D eigenvalue weighted by Gasteiger charge is 2.21. The number of carbonyl (C=O) groups excluding carboxylic acids is 3. The van der Waals surface area contributed by atoms with E-state index in [4.69, 9.17) is 4.74 Å². The molecule has 2 aromatic heterocycles. The lowest BCUT2D eigenvalue weighted by Crippen LogP contribution is -2.39. The van der Waals surface area contributed by atoms with Crippen molar-refractivity contribution in [2.24, 2.45) is 0 Å². The number of hydrogen-bond donors (Lipinski definition) is 2. The van der Waals surface area contributed by atoms with Crippen LogP contribution in [0.2, 0.25) is 0 Å². The second kappa shape index (κ2) is 10.1. The molecule has 3 amide bonds. The zero-order chi connectivity index (χ0) is 23.2. The SMILES string of the molecule is Cc1ccc2c(c1)C(=O)NCCN(C(=O)c1cccn3cnnc13)CCCC(=O)NCCO2. The highest BCUT2D eigenvalue weighted by atomic mass is 16.5. The number of rotatable bonds is 1. The Morgan fingerprint density at radius 2 is 2.00 bits per heavy atom. The Kier molecular flexibility index (Phi) is 6.82. The van der Waals surface area contributed by atoms with Gasteiger partial charge in [0.15, 0.2) is 5.65 Å². The van der Waals surface area contributed by atoms with Crippen molar-refractivity contribution in [3.8, 4) is 5.75 Å². The minimum absolute atomic E-state index is 0.112. The van der Waals surface area contributed by atoms with Crippen molar-refractivity contribution in [1.82, 2.24) is 30.1 Å². The zero-order valence-electron chi connectivity index (χ0n) is 18.4. The molecule has 0 aliphatic carbocycles. The minimum atomic E-state index is -0.278. The van der Waals surface area contributed by atoms with Crippen molar-refractivity contribution in [1.29, 1.82) is 0 Å². The number of ether oxygens (including phenoxy) is 1. The van der Waals surface area contributed by atoms with Crippen molar-refractivity contribution in [3.63, 3.8) is 0 Å². The van der Waals surface area contributed by atoms with Gasteiger partial charge in [-0.15, -0.1) is 10.2 Å². The van der Waals surface area contributed by atoms with E-state index in [0.29, 0.717) is 42.0 Å². The number of hydrogen-bond acceptors (Lipinski definition) is 6. The normalized spacial score (nSPS) is 16.1. The highest BCUT2D eigenvalue weighted by molar-refractivity contribution is 6.00. The average molecular weight is 450 g/mol. The fraction of sp³-hybridized carbons (Fsp3) is 0.348. The third-order valence-corrected chi connectivity index (χ3v) is 5.40. The molecule has 0 saturated carbocycles. The van der Waals surface area contributed by atoms with Crippen LogP contribution in [-0.2, 0) is 4.79 Å². The molecule has 33 heavy (non-hydrogen) atoms. The predicted octanol–water partition coefficient (Wildman–Crippen LogP) is 1.20. The van der Waals surface area contributed by atoms with E-state index < -0.39 is 0 Å². The molecule has 0 saturated heterocycles. The van der Waals surface area contributed by atoms with E-state index in [1.54, 1.807) is 39.8 Å². The van der Waals surface area contributed by atoms with Gasteiger partial charge >= 0.3 is 0 Å². The monoisotopic (exact) mass is 450 g/mol. The molecule has 0 fully saturated rings. The summed E-state index contributed by atoms with van der Waals surface area (Å²) < 4.78 is 7.41. The van der Waals surface area contributed by atoms with Gasteiger partial charge in [-0.3, -0.25) is 18.8 Å². The molecule has 0 unspecified atom stereocenters. The summed E-state index contributed by atoms with van der Waals surface area (Å²) >= 11 is 0. The molecule has 0 spiro atoms. The number of pyridine rings is 1. The third-order valence-electron chi connectivity index (χ3n) is 5.40. The van der Waals surface area contributed by atoms with E-state index in [9.17, 15) is 14.4 Å². The summed E-state index contributed by atoms with van der Waals surface area (Å²) in [5.41, 5.74) is 2.22. The molecule has 3 aromatic rings. The van der Waals surface area contributed by atoms with Crippen LogP contribution in [0, 0.1) is 6.92 Å². The number of aromatic nitrogens is 3. The van der Waals surface area contributed by atoms with Crippen molar-refractivity contribution in [2.45, 2.75) is 19.8 Å². The smallest absolute Gasteiger partial charge is 0.257 e. The molecule has 172 valence electrons. The number of benzene rings is 1. The number of amides is 3. The topological polar surface area (TPSA) is 118 Å². The molecule has 1 aliphatic heterocycles. The van der Waals surface area contributed by atoms with E-state index in [2.05, 4.69) is 20.8 Å². The molecule has 0 atom stereocenters. The lowest BCUT2D eigenvalue weighted by Gasteiger charge is -2.23. The van der Waals surface area contributed by atoms with Crippen molar-refractivity contribution in [3.05, 3.63) is 59.5 Å². The Balaban J connectivity index is 1.55. The fourth-order valence-electron chi connectivity index (χ4n) is 3.72. The summed E-state index contributed by atoms with van der Waals surface area (Å²) in [6.07, 6.45) is 4.07. The first kappa shape index (κ1) is 22.3. The second-order valence-electron chi connectivity index (χ2n) is 7.83. The Hall–Kier alpha value is -3.95. The zero-order valence-corrected chi connectivity index (χ0v) is 18.4. The maximum Gasteiger partial charge on any atom is 0.257 e. The van der Waals surface area contributed by atoms with Crippen LogP contribution in [0.3, 0.4) is 0 Å². The largest absolute Gasteiger partial charge is 0.491 e. The van der Waals surface area contributed by atoms with Gasteiger partial charge in [-0.25, -0.2) is 0 Å². The standard InChI is InChI=1S/C23H26N6O4/c1-16-6-7-19-18(14-16)22(31)25-8-12-28(10-3-5-20(30)24-9-13-33-19)23(32)17-4-2-11-29-15-26-27-21(17)29/h2,4,6-7,11,14-15H,3,5,8-10,12-13H2,1H3,(H,24,30)(H,25,31). The van der Waals surface area contributed by atoms with E-state index >= 15 is 0 Å². The lowest BCUT2D eigenvalue weighted by molar-refractivity contribution is -0.121. The number of carbonyl (C=O) groups is 3. The summed E-state index contributed by atoms with van der Waals surface area (Å²) in [6, 6.07) is 8.83. The van der Waals surface area contributed by atoms with Gasteiger partial charge in [0.05, 0.1) is 17.7 Å². The highest BCUT2D eigenvalue weighted by Crippen LogP contribution is 2.20. The van der Waals surface area contributed by atoms with Gasteiger partial charge < -0.3 is 20.3 Å². The van der Waals surface area contributed by atoms with E-state index in [0.717, 1.165) is 5.56 Å². The van der Waals surface area contributed by atoms with Gasteiger partial charge in [0.2, 0.25) is 5.91 Å². The lowest BCUT2D eigenvalue weighted by atomic mass is 10.1. The van der Waals surface area contributed by atoms with Crippen LogP contribution in [0.15, 0.2) is 42.9 Å². The Labute approximate surface area is 190 Å². The van der Waals surface area contributed by atoms with Crippen LogP contribution in [0.25, 0.3) is 5.65 Å². The summed E-state index contributed by atoms with van der Waals surface area (Å²) in [5.74, 6) is -0.167. The second-order valence-corrected chi connectivity index (χ2v) is 7.83. The van der Waals surface area contributed by atoms with Gasteiger partial charge in [0.25, 0.3) is 11.8 Å². The molecule has 0 bridgehead atoms. The van der Waals surface area contributed by atoms with Crippen LogP contribution >= 0.6 is 0 Å². The van der Waals surface area contributed by atoms with Gasteiger partial charge in [0.1, 0.15) is 18.7 Å². The first-order chi connectivity index (χ1) is 16.0. The summed E-state index contributed by atoms with van der Waals surface area (Å²) in [4.78, 5) is 40.0. The molecule has 3 heterocycles. The van der Waals surface area contributed by atoms with Gasteiger partial charge in [0, 0.05) is 32.3 Å². The first-order valence-electron chi connectivity index (χ1n) is 10.9. The van der Waals surface area contributed by atoms with Crippen LogP contribution in [0.4, 0.5) is 0 Å². The van der Waals surface area contributed by atoms with Crippen LogP contribution < -0.4 is 15.4 Å². The third kappa shape index (κ3) is 5.28. The predicted molar refractivity (Wildman–Crippen MR) is 120 cm³/mol. The molecule has 10 nitrogen and oxygen atoms in total. The van der Waals surface area contributed by atoms with Crippen LogP contribution in [0.1, 0.15) is 39.1 Å². The molecule has 1 aromatic carbocycles. The summed E-state index contributed by atoms with van der Waals surface area (Å²) in [6.45, 7) is 3.37. The number of nitrogens with one attached hydrogen (secondary N) is 2. The molecule has 0 radical (unpaired) electrons. The number of nitrogens with zero attached hydrogens (tertiary/aromatic N) is 4. The van der Waals surface area contributed by atoms with Crippen molar-refractivity contribution >= 4 is 23.4 Å². The fourth-order valence-corrected chi connectivity index (χ4v) is 3.72. The molecular weight excluding hydrogens is 424 g/mol. The molecule has 2 N–H and O–H groups in total. The molecule has 4 rings (SSSR count). The number of fused-ring (bicyclic) bond motifs is 2. The quantitative estimate of drug-likeness (QED) is 0.575. The van der Waals surface area contributed by atoms with Crippen molar-refractivity contribution in [2.75, 3.05) is 32.8 Å². The van der Waals surface area contributed by atoms with E-state index in [-0.39, 0.29) is 43.8 Å². The summed E-state index contributed by atoms with van der Waals surface area (Å²) in [7, 11) is 0. The molecule has 1 aliphatic rings. The molecule has 10 heteroatoms. The number of aryl methyl sites for hydroxylation is 1. The minimum Gasteiger partial charge on any atom is -0.491 e. The maximum absolute atomic E-state index is 13.3. The van der Waals surface area contributed by atoms with Crippen LogP contribution in [-0.4, -0.2) is 70.0 Å². The Morgan fingerprint density at radius 1 is 1.12 bits per heavy atom.